The fourth-order valence-electron chi connectivity index (χ4n) is 1.32. The van der Waals surface area contributed by atoms with Crippen LogP contribution in [0.3, 0.4) is 0 Å². The molecule has 0 saturated heterocycles. The summed E-state index contributed by atoms with van der Waals surface area (Å²) in [6.07, 6.45) is -1.30. The fraction of sp³-hybridized carbons (Fsp3) is 0.273. The number of benzene rings is 1. The van der Waals surface area contributed by atoms with Crippen LogP contribution in [0.5, 0.6) is 11.5 Å². The van der Waals surface area contributed by atoms with Crippen LogP contribution in [0.1, 0.15) is 17.3 Å². The number of carbonyl (C=O) groups is 2. The summed E-state index contributed by atoms with van der Waals surface area (Å²) in [4.78, 5) is 22.5. The van der Waals surface area contributed by atoms with Crippen LogP contribution in [0.2, 0.25) is 0 Å². The van der Waals surface area contributed by atoms with E-state index in [2.05, 4.69) is 0 Å². The van der Waals surface area contributed by atoms with Gasteiger partial charge in [0.2, 0.25) is 0 Å². The predicted molar refractivity (Wildman–Crippen MR) is 60.3 cm³/mol. The Morgan fingerprint density at radius 1 is 1.28 bits per heavy atom. The molecule has 2 atom stereocenters. The van der Waals surface area contributed by atoms with Crippen LogP contribution in [-0.4, -0.2) is 44.4 Å². The summed E-state index contributed by atoms with van der Waals surface area (Å²) < 4.78 is 0. The summed E-state index contributed by atoms with van der Waals surface area (Å²) in [6, 6.07) is 2.21. The number of aliphatic carboxylic acids is 1. The highest BCUT2D eigenvalue weighted by Crippen LogP contribution is 2.28. The van der Waals surface area contributed by atoms with Gasteiger partial charge in [0.1, 0.15) is 0 Å². The van der Waals surface area contributed by atoms with Crippen LogP contribution < -0.4 is 5.32 Å². The van der Waals surface area contributed by atoms with Crippen LogP contribution in [0.4, 0.5) is 0 Å². The monoisotopic (exact) mass is 255 g/mol. The highest BCUT2D eigenvalue weighted by atomic mass is 16.4. The second-order valence-corrected chi connectivity index (χ2v) is 3.70. The number of rotatable bonds is 4. The van der Waals surface area contributed by atoms with E-state index in [1.807, 2.05) is 5.32 Å². The normalized spacial score (nSPS) is 13.7. The number of aliphatic hydroxyl groups is 1. The third-order valence-corrected chi connectivity index (χ3v) is 2.29. The highest BCUT2D eigenvalue weighted by Gasteiger charge is 2.26. The SMILES string of the molecule is CC(O)C(NC(=O)c1cccc(O)c1O)C(=O)O. The van der Waals surface area contributed by atoms with Gasteiger partial charge in [-0.3, -0.25) is 4.79 Å². The molecule has 0 heterocycles. The molecule has 0 aliphatic heterocycles. The number of carboxylic acid groups (broad SMARTS) is 1. The third-order valence-electron chi connectivity index (χ3n) is 2.29. The maximum atomic E-state index is 11.7. The van der Waals surface area contributed by atoms with Gasteiger partial charge in [-0.25, -0.2) is 4.79 Å². The van der Waals surface area contributed by atoms with Crippen LogP contribution in [0.15, 0.2) is 18.2 Å². The number of hydrogen-bond acceptors (Lipinski definition) is 5. The van der Waals surface area contributed by atoms with Crippen LogP contribution in [0.25, 0.3) is 0 Å². The molecule has 0 aromatic heterocycles. The molecular formula is C11H13NO6. The first-order chi connectivity index (χ1) is 8.34. The van der Waals surface area contributed by atoms with Crippen LogP contribution in [0, 0.1) is 0 Å². The molecule has 1 amide bonds. The van der Waals surface area contributed by atoms with E-state index in [-0.39, 0.29) is 5.56 Å². The molecule has 0 spiro atoms. The standard InChI is InChI=1S/C11H13NO6/c1-5(13)8(11(17)18)12-10(16)6-3-2-4-7(14)9(6)15/h2-5,8,13-15H,1H3,(H,12,16)(H,17,18). The molecule has 7 heteroatoms. The lowest BCUT2D eigenvalue weighted by atomic mass is 10.1. The molecular weight excluding hydrogens is 242 g/mol. The van der Waals surface area contributed by atoms with Gasteiger partial charge in [-0.05, 0) is 19.1 Å². The average Bonchev–Trinajstić information content (AvgIpc) is 2.28. The second kappa shape index (κ2) is 5.37. The van der Waals surface area contributed by atoms with Gasteiger partial charge in [-0.2, -0.15) is 0 Å². The number of amides is 1. The lowest BCUT2D eigenvalue weighted by Gasteiger charge is -2.17. The van der Waals surface area contributed by atoms with Crippen molar-refractivity contribution < 1.29 is 30.0 Å². The Morgan fingerprint density at radius 2 is 1.89 bits per heavy atom. The largest absolute Gasteiger partial charge is 0.504 e. The third kappa shape index (κ3) is 2.89. The quantitative estimate of drug-likeness (QED) is 0.468. The first-order valence-corrected chi connectivity index (χ1v) is 5.07. The summed E-state index contributed by atoms with van der Waals surface area (Å²) >= 11 is 0. The Hall–Kier alpha value is -2.28. The van der Waals surface area contributed by atoms with E-state index >= 15 is 0 Å². The van der Waals surface area contributed by atoms with Gasteiger partial charge in [0.25, 0.3) is 5.91 Å². The number of phenolic OH excluding ortho intramolecular Hbond substituents is 2. The number of aliphatic hydroxyl groups excluding tert-OH is 1. The minimum Gasteiger partial charge on any atom is -0.504 e. The molecule has 2 unspecified atom stereocenters. The predicted octanol–water partition coefficient (Wildman–Crippen LogP) is -0.338. The zero-order chi connectivity index (χ0) is 13.9. The van der Waals surface area contributed by atoms with Gasteiger partial charge >= 0.3 is 5.97 Å². The lowest BCUT2D eigenvalue weighted by Crippen LogP contribution is -2.47. The molecule has 1 aromatic rings. The summed E-state index contributed by atoms with van der Waals surface area (Å²) in [5.41, 5.74) is -0.276. The molecule has 0 aliphatic rings. The van der Waals surface area contributed by atoms with E-state index in [0.29, 0.717) is 0 Å². The Kier molecular flexibility index (Phi) is 4.11. The van der Waals surface area contributed by atoms with Gasteiger partial charge in [0, 0.05) is 0 Å². The maximum absolute atomic E-state index is 11.7. The summed E-state index contributed by atoms with van der Waals surface area (Å²) in [7, 11) is 0. The zero-order valence-corrected chi connectivity index (χ0v) is 9.49. The van der Waals surface area contributed by atoms with Crippen LogP contribution in [-0.2, 0) is 4.79 Å². The Bertz CT molecular complexity index is 471. The smallest absolute Gasteiger partial charge is 0.328 e. The molecule has 0 radical (unpaired) electrons. The lowest BCUT2D eigenvalue weighted by molar-refractivity contribution is -0.141. The van der Waals surface area contributed by atoms with Gasteiger partial charge in [-0.1, -0.05) is 6.07 Å². The van der Waals surface area contributed by atoms with Crippen molar-refractivity contribution in [1.29, 1.82) is 0 Å². The van der Waals surface area contributed by atoms with Gasteiger partial charge in [-0.15, -0.1) is 0 Å². The molecule has 0 fully saturated rings. The van der Waals surface area contributed by atoms with Crippen molar-refractivity contribution in [3.8, 4) is 11.5 Å². The molecule has 0 aliphatic carbocycles. The maximum Gasteiger partial charge on any atom is 0.328 e. The van der Waals surface area contributed by atoms with E-state index in [4.69, 9.17) is 5.11 Å². The van der Waals surface area contributed by atoms with E-state index in [1.54, 1.807) is 0 Å². The molecule has 98 valence electrons. The van der Waals surface area contributed by atoms with Crippen molar-refractivity contribution in [2.75, 3.05) is 0 Å². The Balaban J connectivity index is 2.94. The number of aromatic hydroxyl groups is 2. The molecule has 18 heavy (non-hydrogen) atoms. The number of carboxylic acids is 1. The number of nitrogens with one attached hydrogen (secondary N) is 1. The topological polar surface area (TPSA) is 127 Å². The number of para-hydroxylation sites is 1. The van der Waals surface area contributed by atoms with Gasteiger partial charge in [0.15, 0.2) is 17.5 Å². The second-order valence-electron chi connectivity index (χ2n) is 3.70. The van der Waals surface area contributed by atoms with Gasteiger partial charge < -0.3 is 25.7 Å². The van der Waals surface area contributed by atoms with Crippen molar-refractivity contribution >= 4 is 11.9 Å². The Labute approximate surface area is 102 Å². The summed E-state index contributed by atoms with van der Waals surface area (Å²) in [6.45, 7) is 1.21. The summed E-state index contributed by atoms with van der Waals surface area (Å²) in [5, 5.41) is 38.7. The van der Waals surface area contributed by atoms with E-state index in [9.17, 15) is 24.9 Å². The zero-order valence-electron chi connectivity index (χ0n) is 9.49. The molecule has 0 bridgehead atoms. The first-order valence-electron chi connectivity index (χ1n) is 5.07. The molecule has 1 aromatic carbocycles. The number of carbonyl (C=O) groups excluding carboxylic acids is 1. The number of hydrogen-bond donors (Lipinski definition) is 5. The van der Waals surface area contributed by atoms with Gasteiger partial charge in [0.05, 0.1) is 11.7 Å². The first kappa shape index (κ1) is 13.8. The van der Waals surface area contributed by atoms with Crippen molar-refractivity contribution in [1.82, 2.24) is 5.32 Å². The van der Waals surface area contributed by atoms with Crippen molar-refractivity contribution in [3.63, 3.8) is 0 Å². The molecule has 0 saturated carbocycles. The number of phenols is 2. The fourth-order valence-corrected chi connectivity index (χ4v) is 1.32. The van der Waals surface area contributed by atoms with E-state index in [0.717, 1.165) is 0 Å². The summed E-state index contributed by atoms with van der Waals surface area (Å²) in [5.74, 6) is -3.45. The van der Waals surface area contributed by atoms with E-state index in [1.165, 1.54) is 25.1 Å². The van der Waals surface area contributed by atoms with Crippen LogP contribution >= 0.6 is 0 Å². The minimum absolute atomic E-state index is 0.276. The van der Waals surface area contributed by atoms with Crippen molar-refractivity contribution in [3.05, 3.63) is 23.8 Å². The highest BCUT2D eigenvalue weighted by molar-refractivity contribution is 5.99. The molecule has 5 N–H and O–H groups in total. The molecule has 1 rings (SSSR count). The van der Waals surface area contributed by atoms with Crippen molar-refractivity contribution in [2.24, 2.45) is 0 Å². The van der Waals surface area contributed by atoms with E-state index < -0.39 is 35.5 Å². The average molecular weight is 255 g/mol. The Morgan fingerprint density at radius 3 is 2.39 bits per heavy atom. The van der Waals surface area contributed by atoms with Crippen molar-refractivity contribution in [2.45, 2.75) is 19.1 Å². The minimum atomic E-state index is -1.50. The molecule has 7 nitrogen and oxygen atoms in total.